The molecule has 0 fully saturated rings. The monoisotopic (exact) mass is 377 g/mol. The van der Waals surface area contributed by atoms with Gasteiger partial charge in [0.2, 0.25) is 10.0 Å². The van der Waals surface area contributed by atoms with Crippen molar-refractivity contribution in [1.29, 1.82) is 0 Å². The third-order valence-electron chi connectivity index (χ3n) is 3.08. The maximum Gasteiger partial charge on any atom is 0.335 e. The van der Waals surface area contributed by atoms with Crippen molar-refractivity contribution >= 4 is 31.9 Å². The number of aromatic carboxylic acids is 1. The molecule has 0 heterocycles. The molecule has 7 heteroatoms. The Morgan fingerprint density at radius 3 is 2.52 bits per heavy atom. The first-order valence-electron chi connectivity index (χ1n) is 6.82. The van der Waals surface area contributed by atoms with Crippen LogP contribution in [0, 0.1) is 6.92 Å². The van der Waals surface area contributed by atoms with Crippen LogP contribution in [0.1, 0.15) is 48.5 Å². The molecule has 1 aromatic carbocycles. The number of carboxylic acid groups (broad SMARTS) is 1. The highest BCUT2D eigenvalue weighted by Crippen LogP contribution is 2.27. The molecule has 0 aliphatic rings. The van der Waals surface area contributed by atoms with Crippen LogP contribution in [0.3, 0.4) is 0 Å². The predicted octanol–water partition coefficient (Wildman–Crippen LogP) is 3.31. The van der Waals surface area contributed by atoms with Crippen LogP contribution in [0.15, 0.2) is 21.5 Å². The van der Waals surface area contributed by atoms with Crippen molar-refractivity contribution in [2.24, 2.45) is 0 Å². The predicted molar refractivity (Wildman–Crippen MR) is 85.2 cm³/mol. The summed E-state index contributed by atoms with van der Waals surface area (Å²) in [5.74, 6) is -1.15. The van der Waals surface area contributed by atoms with Crippen molar-refractivity contribution in [1.82, 2.24) is 4.72 Å². The van der Waals surface area contributed by atoms with Crippen molar-refractivity contribution in [2.75, 3.05) is 6.54 Å². The second-order valence-electron chi connectivity index (χ2n) is 4.87. The fourth-order valence-corrected chi connectivity index (χ4v) is 4.01. The summed E-state index contributed by atoms with van der Waals surface area (Å²) < 4.78 is 27.5. The minimum absolute atomic E-state index is 0.0320. The van der Waals surface area contributed by atoms with Gasteiger partial charge >= 0.3 is 5.97 Å². The van der Waals surface area contributed by atoms with Crippen molar-refractivity contribution in [3.8, 4) is 0 Å². The number of nitrogens with one attached hydrogen (secondary N) is 1. The zero-order valence-corrected chi connectivity index (χ0v) is 14.6. The lowest BCUT2D eigenvalue weighted by Crippen LogP contribution is -2.25. The van der Waals surface area contributed by atoms with E-state index in [1.807, 2.05) is 0 Å². The summed E-state index contributed by atoms with van der Waals surface area (Å²) in [6.07, 6.45) is 3.88. The lowest BCUT2D eigenvalue weighted by molar-refractivity contribution is 0.0696. The Bertz CT molecular complexity index is 614. The van der Waals surface area contributed by atoms with Gasteiger partial charge in [-0.1, -0.05) is 26.2 Å². The Morgan fingerprint density at radius 2 is 1.95 bits per heavy atom. The van der Waals surface area contributed by atoms with Gasteiger partial charge in [-0.25, -0.2) is 17.9 Å². The second-order valence-corrected chi connectivity index (χ2v) is 7.40. The number of hydrogen-bond donors (Lipinski definition) is 2. The Kier molecular flexibility index (Phi) is 6.83. The van der Waals surface area contributed by atoms with Gasteiger partial charge in [0, 0.05) is 11.0 Å². The average Bonchev–Trinajstić information content (AvgIpc) is 2.40. The zero-order chi connectivity index (χ0) is 16.0. The molecule has 0 aromatic heterocycles. The molecule has 21 heavy (non-hydrogen) atoms. The van der Waals surface area contributed by atoms with Crippen LogP contribution in [0.5, 0.6) is 0 Å². The number of unbranched alkanes of at least 4 members (excludes halogenated alkanes) is 3. The topological polar surface area (TPSA) is 83.5 Å². The van der Waals surface area contributed by atoms with Gasteiger partial charge in [0.15, 0.2) is 0 Å². The fraction of sp³-hybridized carbons (Fsp3) is 0.500. The molecule has 0 saturated carbocycles. The maximum absolute atomic E-state index is 12.3. The molecule has 0 aliphatic heterocycles. The van der Waals surface area contributed by atoms with E-state index < -0.39 is 16.0 Å². The number of sulfonamides is 1. The molecule has 0 unspecified atom stereocenters. The van der Waals surface area contributed by atoms with Gasteiger partial charge in [-0.15, -0.1) is 0 Å². The molecule has 0 aliphatic carbocycles. The van der Waals surface area contributed by atoms with Gasteiger partial charge in [-0.05, 0) is 47.0 Å². The van der Waals surface area contributed by atoms with E-state index in [4.69, 9.17) is 5.11 Å². The fourth-order valence-electron chi connectivity index (χ4n) is 1.89. The molecule has 0 radical (unpaired) electrons. The van der Waals surface area contributed by atoms with Gasteiger partial charge in [-0.3, -0.25) is 0 Å². The maximum atomic E-state index is 12.3. The Hall–Kier alpha value is -0.920. The SMILES string of the molecule is CCCCCCNS(=O)(=O)c1cc(C(=O)O)cc(C)c1Br. The van der Waals surface area contributed by atoms with E-state index in [2.05, 4.69) is 27.6 Å². The number of halogens is 1. The summed E-state index contributed by atoms with van der Waals surface area (Å²) >= 11 is 3.22. The molecule has 0 bridgehead atoms. The molecule has 0 saturated heterocycles. The third kappa shape index (κ3) is 5.09. The molecule has 1 rings (SSSR count). The summed E-state index contributed by atoms with van der Waals surface area (Å²) in [6, 6.07) is 2.61. The lowest BCUT2D eigenvalue weighted by Gasteiger charge is -2.11. The number of carboxylic acids is 1. The summed E-state index contributed by atoms with van der Waals surface area (Å²) in [5.41, 5.74) is 0.531. The summed E-state index contributed by atoms with van der Waals surface area (Å²) in [6.45, 7) is 4.10. The standard InChI is InChI=1S/C14H20BrNO4S/c1-3-4-5-6-7-16-21(19,20)12-9-11(14(17)18)8-10(2)13(12)15/h8-9,16H,3-7H2,1-2H3,(H,17,18). The van der Waals surface area contributed by atoms with Gasteiger partial charge in [0.1, 0.15) is 0 Å². The molecule has 0 atom stereocenters. The van der Waals surface area contributed by atoms with Crippen LogP contribution in [-0.4, -0.2) is 26.0 Å². The summed E-state index contributed by atoms with van der Waals surface area (Å²) in [4.78, 5) is 11.0. The number of benzene rings is 1. The van der Waals surface area contributed by atoms with E-state index >= 15 is 0 Å². The first kappa shape index (κ1) is 18.1. The van der Waals surface area contributed by atoms with Gasteiger partial charge in [-0.2, -0.15) is 0 Å². The molecule has 1 aromatic rings. The van der Waals surface area contributed by atoms with E-state index in [9.17, 15) is 13.2 Å². The van der Waals surface area contributed by atoms with Crippen LogP contribution in [0.4, 0.5) is 0 Å². The molecular formula is C14H20BrNO4S. The van der Waals surface area contributed by atoms with E-state index in [0.717, 1.165) is 25.7 Å². The molecule has 118 valence electrons. The number of aryl methyl sites for hydroxylation is 1. The van der Waals surface area contributed by atoms with Crippen LogP contribution < -0.4 is 4.72 Å². The van der Waals surface area contributed by atoms with Gasteiger partial charge in [0.25, 0.3) is 0 Å². The first-order valence-corrected chi connectivity index (χ1v) is 9.10. The highest BCUT2D eigenvalue weighted by Gasteiger charge is 2.21. The summed E-state index contributed by atoms with van der Waals surface area (Å²) in [5, 5.41) is 9.03. The third-order valence-corrected chi connectivity index (χ3v) is 5.88. The highest BCUT2D eigenvalue weighted by molar-refractivity contribution is 9.10. The van der Waals surface area contributed by atoms with Gasteiger partial charge < -0.3 is 5.11 Å². The van der Waals surface area contributed by atoms with E-state index in [1.54, 1.807) is 6.92 Å². The number of rotatable bonds is 8. The van der Waals surface area contributed by atoms with Crippen molar-refractivity contribution < 1.29 is 18.3 Å². The van der Waals surface area contributed by atoms with Crippen molar-refractivity contribution in [3.05, 3.63) is 27.7 Å². The van der Waals surface area contributed by atoms with Crippen LogP contribution in [0.2, 0.25) is 0 Å². The number of carbonyl (C=O) groups is 1. The van der Waals surface area contributed by atoms with Crippen LogP contribution in [0.25, 0.3) is 0 Å². The normalized spacial score (nSPS) is 11.6. The largest absolute Gasteiger partial charge is 0.478 e. The van der Waals surface area contributed by atoms with Crippen molar-refractivity contribution in [3.63, 3.8) is 0 Å². The lowest BCUT2D eigenvalue weighted by atomic mass is 10.1. The van der Waals surface area contributed by atoms with E-state index in [1.165, 1.54) is 12.1 Å². The van der Waals surface area contributed by atoms with E-state index in [-0.39, 0.29) is 10.5 Å². The Morgan fingerprint density at radius 1 is 1.29 bits per heavy atom. The van der Waals surface area contributed by atoms with E-state index in [0.29, 0.717) is 16.6 Å². The summed E-state index contributed by atoms with van der Waals surface area (Å²) in [7, 11) is -3.72. The van der Waals surface area contributed by atoms with Gasteiger partial charge in [0.05, 0.1) is 10.5 Å². The second kappa shape index (κ2) is 7.91. The quantitative estimate of drug-likeness (QED) is 0.680. The molecule has 5 nitrogen and oxygen atoms in total. The minimum atomic E-state index is -3.72. The van der Waals surface area contributed by atoms with Crippen LogP contribution in [-0.2, 0) is 10.0 Å². The smallest absolute Gasteiger partial charge is 0.335 e. The first-order chi connectivity index (χ1) is 9.79. The molecule has 0 spiro atoms. The molecule has 0 amide bonds. The van der Waals surface area contributed by atoms with Crippen LogP contribution >= 0.6 is 15.9 Å². The highest BCUT2D eigenvalue weighted by atomic mass is 79.9. The average molecular weight is 378 g/mol. The minimum Gasteiger partial charge on any atom is -0.478 e. The Labute approximate surface area is 133 Å². The molecular weight excluding hydrogens is 358 g/mol. The Balaban J connectivity index is 2.94. The zero-order valence-electron chi connectivity index (χ0n) is 12.1. The molecule has 2 N–H and O–H groups in total. The number of hydrogen-bond acceptors (Lipinski definition) is 3. The van der Waals surface area contributed by atoms with Crippen molar-refractivity contribution in [2.45, 2.75) is 44.4 Å².